The van der Waals surface area contributed by atoms with Gasteiger partial charge in [0.1, 0.15) is 5.82 Å². The first-order valence-electron chi connectivity index (χ1n) is 9.83. The monoisotopic (exact) mass is 365 g/mol. The first-order chi connectivity index (χ1) is 13.2. The third-order valence-corrected chi connectivity index (χ3v) is 5.70. The number of amides is 1. The number of benzene rings is 1. The number of aryl methyl sites for hydroxylation is 2. The van der Waals surface area contributed by atoms with Crippen molar-refractivity contribution in [2.24, 2.45) is 5.92 Å². The number of nitrogens with one attached hydrogen (secondary N) is 2. The molecule has 27 heavy (non-hydrogen) atoms. The summed E-state index contributed by atoms with van der Waals surface area (Å²) in [6.45, 7) is 5.52. The molecule has 2 aromatic rings. The Morgan fingerprint density at radius 3 is 2.63 bits per heavy atom. The first kappa shape index (κ1) is 18.1. The fourth-order valence-corrected chi connectivity index (χ4v) is 4.18. The molecule has 142 valence electrons. The van der Waals surface area contributed by atoms with Crippen molar-refractivity contribution in [1.82, 2.24) is 25.7 Å². The lowest BCUT2D eigenvalue weighted by atomic mass is 9.84. The van der Waals surface area contributed by atoms with Crippen molar-refractivity contribution in [1.29, 1.82) is 0 Å². The highest BCUT2D eigenvalue weighted by molar-refractivity contribution is 5.93. The van der Waals surface area contributed by atoms with Crippen molar-refractivity contribution in [2.75, 3.05) is 13.1 Å². The average molecular weight is 365 g/mol. The summed E-state index contributed by atoms with van der Waals surface area (Å²) in [5.74, 6) is 1.06. The molecular formula is C21H27N5O. The van der Waals surface area contributed by atoms with Crippen molar-refractivity contribution in [3.63, 3.8) is 0 Å². The number of piperidine rings is 1. The molecule has 0 bridgehead atoms. The normalized spacial score (nSPS) is 24.7. The molecule has 3 atom stereocenters. The molecule has 0 radical (unpaired) electrons. The summed E-state index contributed by atoms with van der Waals surface area (Å²) in [4.78, 5) is 23.1. The molecule has 3 heterocycles. The lowest BCUT2D eigenvalue weighted by Gasteiger charge is -2.36. The Bertz CT molecular complexity index is 789. The van der Waals surface area contributed by atoms with Crippen molar-refractivity contribution in [2.45, 2.75) is 45.2 Å². The minimum absolute atomic E-state index is 0.0254. The second-order valence-corrected chi connectivity index (χ2v) is 7.59. The van der Waals surface area contributed by atoms with E-state index in [1.54, 1.807) is 12.4 Å². The second-order valence-electron chi connectivity index (χ2n) is 7.59. The van der Waals surface area contributed by atoms with E-state index in [1.807, 2.05) is 11.8 Å². The molecule has 0 spiro atoms. The van der Waals surface area contributed by atoms with Crippen LogP contribution in [0.1, 0.15) is 53.1 Å². The highest BCUT2D eigenvalue weighted by Crippen LogP contribution is 2.34. The Kier molecular flexibility index (Phi) is 5.18. The molecule has 1 amide bonds. The van der Waals surface area contributed by atoms with Crippen LogP contribution in [0, 0.1) is 12.8 Å². The van der Waals surface area contributed by atoms with Crippen LogP contribution < -0.4 is 10.9 Å². The standard InChI is InChI=1S/C21H27N5O/c1-3-4-15-5-7-16(8-6-15)20-18-13-26(10-9-19(18)24-25-20)21(27)17-11-22-14(2)23-12-17/h5-8,11-12,18-20,24-25H,3-4,9-10,13H2,1-2H3. The predicted molar refractivity (Wildman–Crippen MR) is 104 cm³/mol. The third kappa shape index (κ3) is 3.73. The van der Waals surface area contributed by atoms with Crippen LogP contribution in [0.25, 0.3) is 0 Å². The van der Waals surface area contributed by atoms with Gasteiger partial charge >= 0.3 is 0 Å². The third-order valence-electron chi connectivity index (χ3n) is 5.70. The zero-order chi connectivity index (χ0) is 18.8. The Balaban J connectivity index is 1.48. The van der Waals surface area contributed by atoms with E-state index in [0.29, 0.717) is 23.3 Å². The number of hydrogen-bond acceptors (Lipinski definition) is 5. The smallest absolute Gasteiger partial charge is 0.257 e. The fraction of sp³-hybridized carbons (Fsp3) is 0.476. The topological polar surface area (TPSA) is 70.2 Å². The van der Waals surface area contributed by atoms with Gasteiger partial charge in [-0.25, -0.2) is 15.4 Å². The molecule has 0 saturated carbocycles. The maximum Gasteiger partial charge on any atom is 0.257 e. The molecular weight excluding hydrogens is 338 g/mol. The SMILES string of the molecule is CCCc1ccc(C2NNC3CCN(C(=O)c4cnc(C)nc4)CC32)cc1. The average Bonchev–Trinajstić information content (AvgIpc) is 3.12. The molecule has 6 heteroatoms. The van der Waals surface area contributed by atoms with Gasteiger partial charge in [-0.15, -0.1) is 0 Å². The molecule has 1 aromatic carbocycles. The van der Waals surface area contributed by atoms with Crippen LogP contribution >= 0.6 is 0 Å². The second kappa shape index (κ2) is 7.74. The predicted octanol–water partition coefficient (Wildman–Crippen LogP) is 2.42. The summed E-state index contributed by atoms with van der Waals surface area (Å²) in [6.07, 6.45) is 6.48. The number of nitrogens with zero attached hydrogens (tertiary/aromatic N) is 3. The highest BCUT2D eigenvalue weighted by Gasteiger charge is 2.41. The molecule has 2 fully saturated rings. The number of hydrogen-bond donors (Lipinski definition) is 2. The van der Waals surface area contributed by atoms with E-state index in [0.717, 1.165) is 32.4 Å². The quantitative estimate of drug-likeness (QED) is 0.871. The molecule has 4 rings (SSSR count). The van der Waals surface area contributed by atoms with E-state index in [9.17, 15) is 4.79 Å². The van der Waals surface area contributed by atoms with Gasteiger partial charge in [-0.2, -0.15) is 0 Å². The number of aromatic nitrogens is 2. The Hall–Kier alpha value is -2.31. The molecule has 2 aliphatic rings. The van der Waals surface area contributed by atoms with E-state index >= 15 is 0 Å². The van der Waals surface area contributed by atoms with Crippen molar-refractivity contribution in [3.05, 3.63) is 59.2 Å². The van der Waals surface area contributed by atoms with Crippen molar-refractivity contribution < 1.29 is 4.79 Å². The van der Waals surface area contributed by atoms with E-state index in [-0.39, 0.29) is 11.9 Å². The van der Waals surface area contributed by atoms with Crippen LogP contribution in [0.4, 0.5) is 0 Å². The summed E-state index contributed by atoms with van der Waals surface area (Å²) < 4.78 is 0. The number of carbonyl (C=O) groups is 1. The minimum Gasteiger partial charge on any atom is -0.338 e. The Morgan fingerprint density at radius 1 is 1.19 bits per heavy atom. The van der Waals surface area contributed by atoms with Crippen LogP contribution in [0.2, 0.25) is 0 Å². The number of fused-ring (bicyclic) bond motifs is 1. The number of carbonyl (C=O) groups excluding carboxylic acids is 1. The number of hydrazine groups is 1. The van der Waals surface area contributed by atoms with Crippen LogP contribution in [0.15, 0.2) is 36.7 Å². The zero-order valence-corrected chi connectivity index (χ0v) is 16.0. The minimum atomic E-state index is 0.0254. The summed E-state index contributed by atoms with van der Waals surface area (Å²) in [6, 6.07) is 9.51. The van der Waals surface area contributed by atoms with Crippen LogP contribution in [-0.4, -0.2) is 39.9 Å². The summed E-state index contributed by atoms with van der Waals surface area (Å²) in [7, 11) is 0. The number of likely N-dealkylation sites (tertiary alicyclic amines) is 1. The van der Waals surface area contributed by atoms with Gasteiger partial charge < -0.3 is 4.90 Å². The van der Waals surface area contributed by atoms with Gasteiger partial charge in [0.25, 0.3) is 5.91 Å². The van der Waals surface area contributed by atoms with E-state index in [2.05, 4.69) is 52.0 Å². The van der Waals surface area contributed by atoms with Gasteiger partial charge in [0.05, 0.1) is 11.6 Å². The lowest BCUT2D eigenvalue weighted by molar-refractivity contribution is 0.0651. The first-order valence-corrected chi connectivity index (χ1v) is 9.83. The van der Waals surface area contributed by atoms with Gasteiger partial charge in [-0.3, -0.25) is 10.2 Å². The van der Waals surface area contributed by atoms with Crippen molar-refractivity contribution >= 4 is 5.91 Å². The molecule has 2 saturated heterocycles. The van der Waals surface area contributed by atoms with Crippen LogP contribution in [0.3, 0.4) is 0 Å². The van der Waals surface area contributed by atoms with Gasteiger partial charge in [0.15, 0.2) is 0 Å². The summed E-state index contributed by atoms with van der Waals surface area (Å²) in [5.41, 5.74) is 10.1. The number of rotatable bonds is 4. The maximum absolute atomic E-state index is 12.9. The lowest BCUT2D eigenvalue weighted by Crippen LogP contribution is -2.47. The largest absolute Gasteiger partial charge is 0.338 e. The maximum atomic E-state index is 12.9. The summed E-state index contributed by atoms with van der Waals surface area (Å²) >= 11 is 0. The summed E-state index contributed by atoms with van der Waals surface area (Å²) in [5, 5.41) is 0. The zero-order valence-electron chi connectivity index (χ0n) is 16.0. The Labute approximate surface area is 160 Å². The van der Waals surface area contributed by atoms with Gasteiger partial charge in [0, 0.05) is 37.4 Å². The molecule has 2 aliphatic heterocycles. The van der Waals surface area contributed by atoms with E-state index in [1.165, 1.54) is 11.1 Å². The van der Waals surface area contributed by atoms with Gasteiger partial charge in [-0.05, 0) is 30.9 Å². The van der Waals surface area contributed by atoms with Crippen LogP contribution in [0.5, 0.6) is 0 Å². The van der Waals surface area contributed by atoms with E-state index in [4.69, 9.17) is 0 Å². The van der Waals surface area contributed by atoms with Gasteiger partial charge in [-0.1, -0.05) is 37.6 Å². The van der Waals surface area contributed by atoms with E-state index < -0.39 is 0 Å². The molecule has 6 nitrogen and oxygen atoms in total. The molecule has 2 N–H and O–H groups in total. The Morgan fingerprint density at radius 2 is 1.93 bits per heavy atom. The fourth-order valence-electron chi connectivity index (χ4n) is 4.18. The van der Waals surface area contributed by atoms with Crippen molar-refractivity contribution in [3.8, 4) is 0 Å². The molecule has 0 aliphatic carbocycles. The molecule has 3 unspecified atom stereocenters. The molecule has 1 aromatic heterocycles. The van der Waals surface area contributed by atoms with Crippen LogP contribution in [-0.2, 0) is 6.42 Å². The van der Waals surface area contributed by atoms with Gasteiger partial charge in [0.2, 0.25) is 0 Å². The highest BCUT2D eigenvalue weighted by atomic mass is 16.2.